The Morgan fingerprint density at radius 2 is 2.00 bits per heavy atom. The summed E-state index contributed by atoms with van der Waals surface area (Å²) in [5.41, 5.74) is 0.790. The number of hydrogen-bond donors (Lipinski definition) is 0. The van der Waals surface area contributed by atoms with Crippen molar-refractivity contribution in [1.29, 1.82) is 0 Å². The van der Waals surface area contributed by atoms with E-state index in [1.165, 1.54) is 6.07 Å². The number of rotatable bonds is 6. The van der Waals surface area contributed by atoms with Crippen LogP contribution in [0.2, 0.25) is 0 Å². The lowest BCUT2D eigenvalue weighted by molar-refractivity contribution is 0.267. The van der Waals surface area contributed by atoms with E-state index in [-0.39, 0.29) is 0 Å². The molecule has 0 spiro atoms. The van der Waals surface area contributed by atoms with Crippen LogP contribution in [0, 0.1) is 0 Å². The first kappa shape index (κ1) is 15.5. The van der Waals surface area contributed by atoms with Crippen LogP contribution in [0.1, 0.15) is 37.9 Å². The summed E-state index contributed by atoms with van der Waals surface area (Å²) in [6, 6.07) is 3.13. The summed E-state index contributed by atoms with van der Waals surface area (Å²) in [5.74, 6) is 0. The summed E-state index contributed by atoms with van der Waals surface area (Å²) in [6.45, 7) is 3.96. The molecular formula is C13H19NO4S. The number of pyridine rings is 1. The maximum Gasteiger partial charge on any atom is 0.324 e. The van der Waals surface area contributed by atoms with Gasteiger partial charge < -0.3 is 0 Å². The molecular weight excluding hydrogens is 266 g/mol. The van der Waals surface area contributed by atoms with Crippen molar-refractivity contribution in [2.45, 2.75) is 33.1 Å². The zero-order valence-electron chi connectivity index (χ0n) is 11.4. The average molecular weight is 285 g/mol. The molecule has 1 heterocycles. The van der Waals surface area contributed by atoms with Gasteiger partial charge in [-0.1, -0.05) is 26.3 Å². The third-order valence-corrected chi connectivity index (χ3v) is 2.86. The Bertz CT molecular complexity index is 614. The highest BCUT2D eigenvalue weighted by Gasteiger charge is 2.10. The van der Waals surface area contributed by atoms with Crippen LogP contribution < -0.4 is 9.84 Å². The van der Waals surface area contributed by atoms with E-state index in [1.54, 1.807) is 12.1 Å². The predicted octanol–water partition coefficient (Wildman–Crippen LogP) is 1.61. The zero-order valence-corrected chi connectivity index (χ0v) is 12.2. The van der Waals surface area contributed by atoms with Crippen molar-refractivity contribution < 1.29 is 12.7 Å². The zero-order chi connectivity index (χ0) is 14.5. The molecule has 0 aliphatic carbocycles. The van der Waals surface area contributed by atoms with Gasteiger partial charge in [0.15, 0.2) is 0 Å². The van der Waals surface area contributed by atoms with Gasteiger partial charge >= 0.3 is 10.1 Å². The van der Waals surface area contributed by atoms with Crippen molar-refractivity contribution in [3.05, 3.63) is 39.8 Å². The minimum absolute atomic E-state index is 0.434. The van der Waals surface area contributed by atoms with Crippen molar-refractivity contribution in [1.82, 2.24) is 4.73 Å². The van der Waals surface area contributed by atoms with Crippen molar-refractivity contribution in [2.75, 3.05) is 6.26 Å². The smallest absolute Gasteiger partial charge is 0.284 e. The minimum Gasteiger partial charge on any atom is -0.284 e. The Morgan fingerprint density at radius 1 is 1.32 bits per heavy atom. The molecule has 0 aliphatic heterocycles. The topological polar surface area (TPSA) is 65.4 Å². The van der Waals surface area contributed by atoms with Gasteiger partial charge in [0, 0.05) is 6.07 Å². The monoisotopic (exact) mass is 285 g/mol. The number of aryl methyl sites for hydroxylation is 1. The summed E-state index contributed by atoms with van der Waals surface area (Å²) in [6.07, 6.45) is 7.02. The molecule has 0 saturated carbocycles. The molecule has 0 amide bonds. The fourth-order valence-corrected chi connectivity index (χ4v) is 1.97. The summed E-state index contributed by atoms with van der Waals surface area (Å²) < 4.78 is 27.9. The number of aromatic nitrogens is 1. The largest absolute Gasteiger partial charge is 0.324 e. The van der Waals surface area contributed by atoms with E-state index in [2.05, 4.69) is 0 Å². The molecule has 1 rings (SSSR count). The first-order valence-electron chi connectivity index (χ1n) is 6.19. The van der Waals surface area contributed by atoms with Gasteiger partial charge in [0.05, 0.1) is 11.9 Å². The van der Waals surface area contributed by atoms with Gasteiger partial charge in [-0.15, -0.1) is 4.73 Å². The summed E-state index contributed by atoms with van der Waals surface area (Å²) in [7, 11) is -3.74. The molecule has 0 radical (unpaired) electrons. The summed E-state index contributed by atoms with van der Waals surface area (Å²) in [4.78, 5) is 11.9. The predicted molar refractivity (Wildman–Crippen MR) is 75.4 cm³/mol. The van der Waals surface area contributed by atoms with E-state index in [0.29, 0.717) is 12.1 Å². The lowest BCUT2D eigenvalue weighted by atomic mass is 10.1. The van der Waals surface area contributed by atoms with Crippen LogP contribution in [0.5, 0.6) is 0 Å². The van der Waals surface area contributed by atoms with E-state index >= 15 is 0 Å². The van der Waals surface area contributed by atoms with Crippen molar-refractivity contribution in [3.63, 3.8) is 0 Å². The van der Waals surface area contributed by atoms with Crippen molar-refractivity contribution in [2.24, 2.45) is 0 Å². The van der Waals surface area contributed by atoms with Gasteiger partial charge in [0.1, 0.15) is 0 Å². The second-order valence-electron chi connectivity index (χ2n) is 4.24. The maximum absolute atomic E-state index is 11.9. The number of hydrogen-bond acceptors (Lipinski definition) is 4. The van der Waals surface area contributed by atoms with Crippen LogP contribution in [0.3, 0.4) is 0 Å². The summed E-state index contributed by atoms with van der Waals surface area (Å²) >= 11 is 0. The molecule has 0 unspecified atom stereocenters. The fraction of sp³-hybridized carbons (Fsp3) is 0.462. The Kier molecular flexibility index (Phi) is 5.35. The quantitative estimate of drug-likeness (QED) is 0.796. The molecule has 0 atom stereocenters. The minimum atomic E-state index is -3.74. The highest BCUT2D eigenvalue weighted by Crippen LogP contribution is 2.06. The molecule has 5 nitrogen and oxygen atoms in total. The van der Waals surface area contributed by atoms with Gasteiger partial charge in [0.2, 0.25) is 0 Å². The highest BCUT2D eigenvalue weighted by atomic mass is 32.2. The lowest BCUT2D eigenvalue weighted by Gasteiger charge is -2.10. The SMILES string of the molecule is CCCC=Cc1cc(CC)cc(=O)n1OS(C)(=O)=O. The molecule has 0 saturated heterocycles. The lowest BCUT2D eigenvalue weighted by Crippen LogP contribution is -2.31. The van der Waals surface area contributed by atoms with Gasteiger partial charge in [-0.25, -0.2) is 0 Å². The number of nitrogens with zero attached hydrogens (tertiary/aromatic N) is 1. The van der Waals surface area contributed by atoms with Gasteiger partial charge in [-0.2, -0.15) is 8.42 Å². The van der Waals surface area contributed by atoms with Gasteiger partial charge in [0.25, 0.3) is 5.56 Å². The fourth-order valence-electron chi connectivity index (χ4n) is 1.54. The molecule has 0 aliphatic rings. The van der Waals surface area contributed by atoms with Crippen molar-refractivity contribution in [3.8, 4) is 0 Å². The number of unbranched alkanes of at least 4 members (excludes halogenated alkanes) is 1. The van der Waals surface area contributed by atoms with Gasteiger partial charge in [-0.05, 0) is 30.5 Å². The van der Waals surface area contributed by atoms with E-state index in [9.17, 15) is 13.2 Å². The number of allylic oxidation sites excluding steroid dienone is 1. The van der Waals surface area contributed by atoms with Crippen molar-refractivity contribution >= 4 is 16.2 Å². The molecule has 1 aromatic heterocycles. The summed E-state index contributed by atoms with van der Waals surface area (Å²) in [5, 5.41) is 0. The Balaban J connectivity index is 3.29. The van der Waals surface area contributed by atoms with Crippen LogP contribution in [-0.4, -0.2) is 19.4 Å². The first-order valence-corrected chi connectivity index (χ1v) is 8.01. The highest BCUT2D eigenvalue weighted by molar-refractivity contribution is 7.86. The van der Waals surface area contributed by atoms with E-state index in [0.717, 1.165) is 29.4 Å². The maximum atomic E-state index is 11.9. The normalized spacial score (nSPS) is 11.9. The van der Waals surface area contributed by atoms with E-state index in [4.69, 9.17) is 4.28 Å². The Labute approximate surface area is 113 Å². The van der Waals surface area contributed by atoms with E-state index in [1.807, 2.05) is 19.9 Å². The Hall–Kier alpha value is -1.56. The van der Waals surface area contributed by atoms with Gasteiger partial charge in [-0.3, -0.25) is 9.08 Å². The molecule has 0 fully saturated rings. The molecule has 0 N–H and O–H groups in total. The molecule has 0 aromatic carbocycles. The molecule has 1 aromatic rings. The standard InChI is InChI=1S/C13H19NO4S/c1-4-6-7-8-12-9-11(5-2)10-13(15)14(12)18-19(3,16)17/h7-10H,4-6H2,1-3H3. The van der Waals surface area contributed by atoms with Crippen LogP contribution >= 0.6 is 0 Å². The van der Waals surface area contributed by atoms with E-state index < -0.39 is 15.7 Å². The second kappa shape index (κ2) is 6.56. The third-order valence-electron chi connectivity index (χ3n) is 2.44. The molecule has 106 valence electrons. The van der Waals surface area contributed by atoms with Crippen LogP contribution in [-0.2, 0) is 16.5 Å². The van der Waals surface area contributed by atoms with Crippen LogP contribution in [0.15, 0.2) is 23.0 Å². The van der Waals surface area contributed by atoms with Crippen LogP contribution in [0.25, 0.3) is 6.08 Å². The molecule has 19 heavy (non-hydrogen) atoms. The first-order chi connectivity index (χ1) is 8.87. The van der Waals surface area contributed by atoms with Crippen LogP contribution in [0.4, 0.5) is 0 Å². The third kappa shape index (κ3) is 4.90. The Morgan fingerprint density at radius 3 is 2.53 bits per heavy atom. The molecule has 6 heteroatoms. The average Bonchev–Trinajstić information content (AvgIpc) is 2.31. The second-order valence-corrected chi connectivity index (χ2v) is 5.80. The molecule has 0 bridgehead atoms.